The second-order valence-electron chi connectivity index (χ2n) is 4.37. The van der Waals surface area contributed by atoms with E-state index in [4.69, 9.17) is 0 Å². The molecule has 0 radical (unpaired) electrons. The van der Waals surface area contributed by atoms with Crippen molar-refractivity contribution in [1.29, 1.82) is 0 Å². The predicted molar refractivity (Wildman–Crippen MR) is 88.1 cm³/mol. The van der Waals surface area contributed by atoms with E-state index in [0.29, 0.717) is 13.1 Å². The summed E-state index contributed by atoms with van der Waals surface area (Å²) in [6, 6.07) is 7.50. The number of hydrogen-bond acceptors (Lipinski definition) is 4. The molecule has 22 heavy (non-hydrogen) atoms. The van der Waals surface area contributed by atoms with Crippen molar-refractivity contribution in [2.45, 2.75) is 13.8 Å². The number of hydrogen-bond donors (Lipinski definition) is 4. The van der Waals surface area contributed by atoms with Crippen LogP contribution in [0, 0.1) is 0 Å². The zero-order chi connectivity index (χ0) is 16.2. The van der Waals surface area contributed by atoms with E-state index in [1.165, 1.54) is 12.2 Å². The summed E-state index contributed by atoms with van der Waals surface area (Å²) in [5.74, 6) is -0.406. The standard InChI is InChI=1S/C16H22N4O2/c1-3-17-19-15(21)11-9-13-5-7-14(8-6-13)10-12-16(22)20-18-4-2/h5-12,17-18H,3-4H2,1-2H3,(H,19,21)(H,20,22). The summed E-state index contributed by atoms with van der Waals surface area (Å²) in [4.78, 5) is 22.8. The van der Waals surface area contributed by atoms with Gasteiger partial charge in [-0.25, -0.2) is 10.9 Å². The molecule has 0 fully saturated rings. The number of hydrazine groups is 2. The molecular weight excluding hydrogens is 280 g/mol. The first kappa shape index (κ1) is 17.6. The fourth-order valence-corrected chi connectivity index (χ4v) is 1.50. The van der Waals surface area contributed by atoms with Gasteiger partial charge in [0.2, 0.25) is 0 Å². The number of benzene rings is 1. The molecule has 0 aliphatic heterocycles. The lowest BCUT2D eigenvalue weighted by Gasteiger charge is -2.01. The Labute approximate surface area is 130 Å². The molecule has 1 aromatic rings. The Morgan fingerprint density at radius 2 is 1.18 bits per heavy atom. The fourth-order valence-electron chi connectivity index (χ4n) is 1.50. The van der Waals surface area contributed by atoms with Gasteiger partial charge in [-0.1, -0.05) is 38.1 Å². The van der Waals surface area contributed by atoms with Crippen LogP contribution in [-0.2, 0) is 9.59 Å². The minimum absolute atomic E-state index is 0.203. The Morgan fingerprint density at radius 1 is 0.818 bits per heavy atom. The van der Waals surface area contributed by atoms with Gasteiger partial charge in [0, 0.05) is 25.2 Å². The number of amides is 2. The first-order valence-corrected chi connectivity index (χ1v) is 7.17. The topological polar surface area (TPSA) is 82.3 Å². The predicted octanol–water partition coefficient (Wildman–Crippen LogP) is 0.994. The van der Waals surface area contributed by atoms with Crippen LogP contribution in [0.3, 0.4) is 0 Å². The molecule has 1 rings (SSSR count). The molecule has 0 bridgehead atoms. The van der Waals surface area contributed by atoms with Gasteiger partial charge in [0.15, 0.2) is 0 Å². The highest BCUT2D eigenvalue weighted by Crippen LogP contribution is 2.07. The van der Waals surface area contributed by atoms with Crippen LogP contribution in [0.1, 0.15) is 25.0 Å². The molecule has 0 saturated heterocycles. The summed E-state index contributed by atoms with van der Waals surface area (Å²) in [6.07, 6.45) is 6.35. The quantitative estimate of drug-likeness (QED) is 0.426. The normalized spacial score (nSPS) is 11.0. The fraction of sp³-hybridized carbons (Fsp3) is 0.250. The Kier molecular flexibility index (Phi) is 8.25. The molecule has 6 nitrogen and oxygen atoms in total. The zero-order valence-electron chi connectivity index (χ0n) is 12.8. The molecule has 0 aliphatic carbocycles. The summed E-state index contributed by atoms with van der Waals surface area (Å²) in [7, 11) is 0. The largest absolute Gasteiger partial charge is 0.288 e. The highest BCUT2D eigenvalue weighted by molar-refractivity contribution is 5.92. The molecule has 0 atom stereocenters. The van der Waals surface area contributed by atoms with Crippen LogP contribution in [0.15, 0.2) is 36.4 Å². The van der Waals surface area contributed by atoms with Crippen molar-refractivity contribution in [3.8, 4) is 0 Å². The molecule has 0 spiro atoms. The maximum Gasteiger partial charge on any atom is 0.258 e. The number of nitrogens with one attached hydrogen (secondary N) is 4. The van der Waals surface area contributed by atoms with Crippen molar-refractivity contribution >= 4 is 24.0 Å². The van der Waals surface area contributed by atoms with E-state index in [9.17, 15) is 9.59 Å². The second-order valence-corrected chi connectivity index (χ2v) is 4.37. The maximum atomic E-state index is 11.4. The lowest BCUT2D eigenvalue weighted by molar-refractivity contribution is -0.118. The summed E-state index contributed by atoms with van der Waals surface area (Å²) in [5, 5.41) is 0. The first-order chi connectivity index (χ1) is 10.7. The van der Waals surface area contributed by atoms with Crippen molar-refractivity contribution in [2.24, 2.45) is 0 Å². The van der Waals surface area contributed by atoms with Gasteiger partial charge in [-0.2, -0.15) is 0 Å². The minimum Gasteiger partial charge on any atom is -0.288 e. The molecule has 0 unspecified atom stereocenters. The van der Waals surface area contributed by atoms with E-state index >= 15 is 0 Å². The summed E-state index contributed by atoms with van der Waals surface area (Å²) >= 11 is 0. The van der Waals surface area contributed by atoms with Crippen LogP contribution in [0.25, 0.3) is 12.2 Å². The monoisotopic (exact) mass is 302 g/mol. The van der Waals surface area contributed by atoms with E-state index in [0.717, 1.165) is 11.1 Å². The van der Waals surface area contributed by atoms with Gasteiger partial charge in [-0.05, 0) is 23.3 Å². The summed E-state index contributed by atoms with van der Waals surface area (Å²) in [5.41, 5.74) is 12.3. The van der Waals surface area contributed by atoms with Crippen molar-refractivity contribution in [2.75, 3.05) is 13.1 Å². The number of carbonyl (C=O) groups excluding carboxylic acids is 2. The van der Waals surface area contributed by atoms with Gasteiger partial charge in [0.25, 0.3) is 11.8 Å². The highest BCUT2D eigenvalue weighted by atomic mass is 16.2. The Hall–Kier alpha value is -2.44. The van der Waals surface area contributed by atoms with Crippen LogP contribution in [0.2, 0.25) is 0 Å². The van der Waals surface area contributed by atoms with Gasteiger partial charge in [0.05, 0.1) is 0 Å². The molecule has 2 amide bonds. The van der Waals surface area contributed by atoms with E-state index in [2.05, 4.69) is 21.7 Å². The van der Waals surface area contributed by atoms with E-state index in [-0.39, 0.29) is 11.8 Å². The smallest absolute Gasteiger partial charge is 0.258 e. The van der Waals surface area contributed by atoms with Gasteiger partial charge >= 0.3 is 0 Å². The molecule has 0 heterocycles. The third-order valence-corrected chi connectivity index (χ3v) is 2.57. The van der Waals surface area contributed by atoms with Crippen LogP contribution in [-0.4, -0.2) is 24.9 Å². The highest BCUT2D eigenvalue weighted by Gasteiger charge is 1.95. The minimum atomic E-state index is -0.203. The van der Waals surface area contributed by atoms with Gasteiger partial charge in [-0.3, -0.25) is 20.4 Å². The van der Waals surface area contributed by atoms with Gasteiger partial charge < -0.3 is 0 Å². The second kappa shape index (κ2) is 10.3. The third kappa shape index (κ3) is 7.37. The van der Waals surface area contributed by atoms with Crippen molar-refractivity contribution in [1.82, 2.24) is 21.7 Å². The third-order valence-electron chi connectivity index (χ3n) is 2.57. The SMILES string of the molecule is CCNNC(=O)C=Cc1ccc(C=CC(=O)NNCC)cc1. The Balaban J connectivity index is 2.52. The first-order valence-electron chi connectivity index (χ1n) is 7.17. The zero-order valence-corrected chi connectivity index (χ0v) is 12.8. The molecule has 6 heteroatoms. The van der Waals surface area contributed by atoms with Gasteiger partial charge in [0.1, 0.15) is 0 Å². The van der Waals surface area contributed by atoms with Crippen LogP contribution >= 0.6 is 0 Å². The Morgan fingerprint density at radius 3 is 1.50 bits per heavy atom. The Bertz CT molecular complexity index is 487. The summed E-state index contributed by atoms with van der Waals surface area (Å²) in [6.45, 7) is 5.13. The van der Waals surface area contributed by atoms with Crippen molar-refractivity contribution < 1.29 is 9.59 Å². The van der Waals surface area contributed by atoms with Gasteiger partial charge in [-0.15, -0.1) is 0 Å². The number of carbonyl (C=O) groups is 2. The lowest BCUT2D eigenvalue weighted by atomic mass is 10.1. The average Bonchev–Trinajstić information content (AvgIpc) is 2.55. The van der Waals surface area contributed by atoms with Crippen LogP contribution in [0.4, 0.5) is 0 Å². The molecule has 118 valence electrons. The van der Waals surface area contributed by atoms with Crippen molar-refractivity contribution in [3.05, 3.63) is 47.5 Å². The van der Waals surface area contributed by atoms with Crippen molar-refractivity contribution in [3.63, 3.8) is 0 Å². The molecule has 0 aromatic heterocycles. The van der Waals surface area contributed by atoms with E-state index < -0.39 is 0 Å². The number of rotatable bonds is 8. The average molecular weight is 302 g/mol. The molecule has 4 N–H and O–H groups in total. The maximum absolute atomic E-state index is 11.4. The summed E-state index contributed by atoms with van der Waals surface area (Å²) < 4.78 is 0. The van der Waals surface area contributed by atoms with Crippen LogP contribution < -0.4 is 21.7 Å². The molecule has 0 aliphatic rings. The lowest BCUT2D eigenvalue weighted by Crippen LogP contribution is -2.35. The molecular formula is C16H22N4O2. The van der Waals surface area contributed by atoms with E-state index in [1.54, 1.807) is 12.2 Å². The molecule has 0 saturated carbocycles. The van der Waals surface area contributed by atoms with E-state index in [1.807, 2.05) is 38.1 Å². The molecule has 1 aromatic carbocycles. The van der Waals surface area contributed by atoms with Crippen LogP contribution in [0.5, 0.6) is 0 Å².